The molecule has 2 N–H and O–H groups in total. The maximum Gasteiger partial charge on any atom is 0.254 e. The van der Waals surface area contributed by atoms with Gasteiger partial charge in [-0.25, -0.2) is 0 Å². The van der Waals surface area contributed by atoms with E-state index in [1.807, 2.05) is 22.8 Å². The summed E-state index contributed by atoms with van der Waals surface area (Å²) in [5.74, 6) is 0.246. The molecule has 20 heavy (non-hydrogen) atoms. The van der Waals surface area contributed by atoms with E-state index >= 15 is 0 Å². The zero-order valence-corrected chi connectivity index (χ0v) is 11.6. The fraction of sp³-hybridized carbons (Fsp3) is 0.467. The molecule has 0 saturated carbocycles. The molecule has 106 valence electrons. The van der Waals surface area contributed by atoms with Gasteiger partial charge in [0.1, 0.15) is 0 Å². The van der Waals surface area contributed by atoms with E-state index in [1.54, 1.807) is 12.1 Å². The quantitative estimate of drug-likeness (QED) is 0.777. The third kappa shape index (κ3) is 2.13. The molecule has 1 unspecified atom stereocenters. The number of hydrogen-bond acceptors (Lipinski definition) is 3. The van der Waals surface area contributed by atoms with E-state index in [9.17, 15) is 9.59 Å². The first-order valence-electron chi connectivity index (χ1n) is 7.01. The Morgan fingerprint density at radius 2 is 2.15 bits per heavy atom. The molecule has 2 amide bonds. The van der Waals surface area contributed by atoms with E-state index in [-0.39, 0.29) is 17.9 Å². The van der Waals surface area contributed by atoms with Gasteiger partial charge in [0.2, 0.25) is 5.91 Å². The largest absolute Gasteiger partial charge is 0.399 e. The maximum absolute atomic E-state index is 12.6. The molecule has 2 saturated heterocycles. The van der Waals surface area contributed by atoms with E-state index in [0.717, 1.165) is 12.0 Å². The van der Waals surface area contributed by atoms with Gasteiger partial charge in [-0.1, -0.05) is 6.07 Å². The number of nitrogen functional groups attached to an aromatic ring is 1. The van der Waals surface area contributed by atoms with Crippen LogP contribution in [0.2, 0.25) is 0 Å². The van der Waals surface area contributed by atoms with Crippen molar-refractivity contribution in [2.24, 2.45) is 0 Å². The molecule has 2 heterocycles. The highest BCUT2D eigenvalue weighted by Gasteiger charge is 2.37. The van der Waals surface area contributed by atoms with Crippen LogP contribution >= 0.6 is 0 Å². The summed E-state index contributed by atoms with van der Waals surface area (Å²) >= 11 is 0. The van der Waals surface area contributed by atoms with Crippen LogP contribution in [0.5, 0.6) is 0 Å². The molecular weight excluding hydrogens is 254 g/mol. The lowest BCUT2D eigenvalue weighted by molar-refractivity contribution is -0.130. The number of aryl methyl sites for hydroxylation is 1. The molecule has 5 heteroatoms. The maximum atomic E-state index is 12.6. The number of fused-ring (bicyclic) bond motifs is 1. The number of carbonyl (C=O) groups is 2. The minimum Gasteiger partial charge on any atom is -0.399 e. The van der Waals surface area contributed by atoms with E-state index < -0.39 is 0 Å². The topological polar surface area (TPSA) is 66.6 Å². The van der Waals surface area contributed by atoms with Crippen LogP contribution < -0.4 is 5.73 Å². The second-order valence-electron chi connectivity index (χ2n) is 5.61. The molecule has 2 fully saturated rings. The van der Waals surface area contributed by atoms with Gasteiger partial charge in [-0.3, -0.25) is 9.59 Å². The molecular formula is C15H19N3O2. The van der Waals surface area contributed by atoms with Crippen molar-refractivity contribution < 1.29 is 9.59 Å². The first kappa shape index (κ1) is 13.0. The highest BCUT2D eigenvalue weighted by molar-refractivity contribution is 5.96. The van der Waals surface area contributed by atoms with Crippen molar-refractivity contribution in [2.45, 2.75) is 25.8 Å². The van der Waals surface area contributed by atoms with Crippen LogP contribution in [0.1, 0.15) is 28.8 Å². The SMILES string of the molecule is Cc1ccc(N)cc1C(=O)N1CCN2C(=O)CCC2C1. The molecule has 0 aliphatic carbocycles. The number of piperazine rings is 1. The van der Waals surface area contributed by atoms with Crippen LogP contribution in [-0.2, 0) is 4.79 Å². The molecule has 3 rings (SSSR count). The van der Waals surface area contributed by atoms with Gasteiger partial charge in [-0.15, -0.1) is 0 Å². The minimum absolute atomic E-state index is 0.0220. The minimum atomic E-state index is 0.0220. The normalized spacial score (nSPS) is 22.1. The van der Waals surface area contributed by atoms with Crippen LogP contribution in [0.25, 0.3) is 0 Å². The van der Waals surface area contributed by atoms with Gasteiger partial charge in [0, 0.05) is 43.3 Å². The van der Waals surface area contributed by atoms with Crippen LogP contribution in [-0.4, -0.2) is 47.3 Å². The van der Waals surface area contributed by atoms with E-state index in [1.165, 1.54) is 0 Å². The first-order chi connectivity index (χ1) is 9.56. The smallest absolute Gasteiger partial charge is 0.254 e. The summed E-state index contributed by atoms with van der Waals surface area (Å²) in [6, 6.07) is 5.61. The van der Waals surface area contributed by atoms with Crippen LogP contribution in [0.15, 0.2) is 18.2 Å². The predicted octanol–water partition coefficient (Wildman–Crippen LogP) is 1.02. The fourth-order valence-electron chi connectivity index (χ4n) is 3.09. The highest BCUT2D eigenvalue weighted by atomic mass is 16.2. The number of rotatable bonds is 1. The lowest BCUT2D eigenvalue weighted by Crippen LogP contribution is -2.53. The van der Waals surface area contributed by atoms with Gasteiger partial charge in [0.25, 0.3) is 5.91 Å². The summed E-state index contributed by atoms with van der Waals surface area (Å²) in [4.78, 5) is 28.0. The number of benzene rings is 1. The summed E-state index contributed by atoms with van der Waals surface area (Å²) in [5.41, 5.74) is 7.99. The fourth-order valence-corrected chi connectivity index (χ4v) is 3.09. The Bertz CT molecular complexity index is 570. The summed E-state index contributed by atoms with van der Waals surface area (Å²) in [6.45, 7) is 3.81. The number of nitrogens with two attached hydrogens (primary N) is 1. The Morgan fingerprint density at radius 1 is 1.35 bits per heavy atom. The van der Waals surface area contributed by atoms with Crippen molar-refractivity contribution in [3.8, 4) is 0 Å². The monoisotopic (exact) mass is 273 g/mol. The second kappa shape index (κ2) is 4.81. The van der Waals surface area contributed by atoms with E-state index in [2.05, 4.69) is 0 Å². The number of nitrogens with zero attached hydrogens (tertiary/aromatic N) is 2. The van der Waals surface area contributed by atoms with Crippen molar-refractivity contribution in [1.29, 1.82) is 0 Å². The van der Waals surface area contributed by atoms with Gasteiger partial charge in [-0.2, -0.15) is 0 Å². The van der Waals surface area contributed by atoms with Crippen molar-refractivity contribution in [2.75, 3.05) is 25.4 Å². The Balaban J connectivity index is 1.78. The second-order valence-corrected chi connectivity index (χ2v) is 5.61. The average Bonchev–Trinajstić information content (AvgIpc) is 2.82. The molecule has 2 aliphatic heterocycles. The molecule has 5 nitrogen and oxygen atoms in total. The van der Waals surface area contributed by atoms with Gasteiger partial charge in [0.05, 0.1) is 0 Å². The molecule has 0 radical (unpaired) electrons. The zero-order chi connectivity index (χ0) is 14.3. The van der Waals surface area contributed by atoms with Crippen molar-refractivity contribution in [3.05, 3.63) is 29.3 Å². The summed E-state index contributed by atoms with van der Waals surface area (Å²) in [7, 11) is 0. The Kier molecular flexibility index (Phi) is 3.12. The van der Waals surface area contributed by atoms with Crippen molar-refractivity contribution >= 4 is 17.5 Å². The van der Waals surface area contributed by atoms with E-state index in [4.69, 9.17) is 5.73 Å². The van der Waals surface area contributed by atoms with Gasteiger partial charge in [-0.05, 0) is 31.0 Å². The number of hydrogen-bond donors (Lipinski definition) is 1. The van der Waals surface area contributed by atoms with Crippen LogP contribution in [0.3, 0.4) is 0 Å². The van der Waals surface area contributed by atoms with Gasteiger partial charge in [0.15, 0.2) is 0 Å². The molecule has 2 aliphatic rings. The van der Waals surface area contributed by atoms with Crippen LogP contribution in [0.4, 0.5) is 5.69 Å². The molecule has 1 aromatic carbocycles. The van der Waals surface area contributed by atoms with Gasteiger partial charge >= 0.3 is 0 Å². The Morgan fingerprint density at radius 3 is 2.95 bits per heavy atom. The summed E-state index contributed by atoms with van der Waals surface area (Å²) in [5, 5.41) is 0. The third-order valence-electron chi connectivity index (χ3n) is 4.27. The first-order valence-corrected chi connectivity index (χ1v) is 7.01. The predicted molar refractivity (Wildman–Crippen MR) is 76.2 cm³/mol. The number of carbonyl (C=O) groups excluding carboxylic acids is 2. The highest BCUT2D eigenvalue weighted by Crippen LogP contribution is 2.24. The molecule has 1 atom stereocenters. The lowest BCUT2D eigenvalue weighted by Gasteiger charge is -2.37. The molecule has 1 aromatic rings. The average molecular weight is 273 g/mol. The molecule has 0 aromatic heterocycles. The Labute approximate surface area is 118 Å². The van der Waals surface area contributed by atoms with Crippen LogP contribution in [0, 0.1) is 6.92 Å². The summed E-state index contributed by atoms with van der Waals surface area (Å²) in [6.07, 6.45) is 1.47. The molecule has 0 bridgehead atoms. The zero-order valence-electron chi connectivity index (χ0n) is 11.6. The van der Waals surface area contributed by atoms with E-state index in [0.29, 0.717) is 37.3 Å². The Hall–Kier alpha value is -2.04. The van der Waals surface area contributed by atoms with Gasteiger partial charge < -0.3 is 15.5 Å². The number of anilines is 1. The van der Waals surface area contributed by atoms with Crippen molar-refractivity contribution in [1.82, 2.24) is 9.80 Å². The third-order valence-corrected chi connectivity index (χ3v) is 4.27. The standard InChI is InChI=1S/C15H19N3O2/c1-10-2-3-11(16)8-13(10)15(20)17-6-7-18-12(9-17)4-5-14(18)19/h2-3,8,12H,4-7,9,16H2,1H3. The lowest BCUT2D eigenvalue weighted by atomic mass is 10.1. The molecule has 0 spiro atoms. The van der Waals surface area contributed by atoms with Crippen molar-refractivity contribution in [3.63, 3.8) is 0 Å². The number of amides is 2. The summed E-state index contributed by atoms with van der Waals surface area (Å²) < 4.78 is 0.